The lowest BCUT2D eigenvalue weighted by Gasteiger charge is -2.12. The maximum Gasteiger partial charge on any atom is 0.242 e. The molecule has 3 N–H and O–H groups in total. The Morgan fingerprint density at radius 1 is 1.20 bits per heavy atom. The van der Waals surface area contributed by atoms with Crippen LogP contribution in [0, 0.1) is 5.92 Å². The first kappa shape index (κ1) is 13.6. The minimum Gasteiger partial charge on any atom is -0.325 e. The average Bonchev–Trinajstić information content (AvgIpc) is 3.17. The predicted octanol–water partition coefficient (Wildman–Crippen LogP) is 2.39. The Morgan fingerprint density at radius 2 is 1.90 bits per heavy atom. The third kappa shape index (κ3) is 3.02. The lowest BCUT2D eigenvalue weighted by Crippen LogP contribution is -2.40. The number of hydrazine groups is 1. The molecular weight excluding hydrogens is 250 g/mol. The van der Waals surface area contributed by atoms with Crippen LogP contribution < -0.4 is 16.2 Å². The van der Waals surface area contributed by atoms with E-state index in [1.807, 2.05) is 12.1 Å². The second-order valence-electron chi connectivity index (χ2n) is 6.29. The van der Waals surface area contributed by atoms with Crippen molar-refractivity contribution in [2.45, 2.75) is 51.1 Å². The summed E-state index contributed by atoms with van der Waals surface area (Å²) in [5.41, 5.74) is 8.52. The molecule has 0 radical (unpaired) electrons. The highest BCUT2D eigenvalue weighted by Gasteiger charge is 2.38. The van der Waals surface area contributed by atoms with Gasteiger partial charge in [-0.3, -0.25) is 10.2 Å². The molecule has 0 spiro atoms. The number of carbonyl (C=O) groups is 1. The number of nitrogens with one attached hydrogen (secondary N) is 3. The number of rotatable bonds is 4. The average molecular weight is 273 g/mol. The lowest BCUT2D eigenvalue weighted by atomic mass is 10.0. The second kappa shape index (κ2) is 5.54. The van der Waals surface area contributed by atoms with Gasteiger partial charge in [0, 0.05) is 11.7 Å². The number of hydrogen-bond donors (Lipinski definition) is 3. The van der Waals surface area contributed by atoms with Gasteiger partial charge in [0.1, 0.15) is 6.04 Å². The maximum absolute atomic E-state index is 12.2. The Kier molecular flexibility index (Phi) is 3.76. The van der Waals surface area contributed by atoms with Crippen molar-refractivity contribution in [1.29, 1.82) is 0 Å². The van der Waals surface area contributed by atoms with Gasteiger partial charge in [0.15, 0.2) is 0 Å². The van der Waals surface area contributed by atoms with Gasteiger partial charge >= 0.3 is 0 Å². The van der Waals surface area contributed by atoms with E-state index in [9.17, 15) is 4.79 Å². The lowest BCUT2D eigenvalue weighted by molar-refractivity contribution is -0.117. The minimum absolute atomic E-state index is 0.0537. The molecule has 4 nitrogen and oxygen atoms in total. The van der Waals surface area contributed by atoms with Crippen LogP contribution in [0.1, 0.15) is 44.6 Å². The van der Waals surface area contributed by atoms with Gasteiger partial charge in [-0.2, -0.15) is 0 Å². The molecule has 2 fully saturated rings. The molecule has 1 aliphatic carbocycles. The first-order chi connectivity index (χ1) is 9.63. The van der Waals surface area contributed by atoms with Crippen LogP contribution in [0.3, 0.4) is 0 Å². The van der Waals surface area contributed by atoms with Crippen LogP contribution in [0.4, 0.5) is 5.69 Å². The number of carbonyl (C=O) groups excluding carboxylic acids is 1. The Hall–Kier alpha value is -1.39. The Bertz CT molecular complexity index is 479. The molecule has 1 amide bonds. The van der Waals surface area contributed by atoms with Gasteiger partial charge in [-0.05, 0) is 48.8 Å². The van der Waals surface area contributed by atoms with E-state index in [1.165, 1.54) is 18.4 Å². The maximum atomic E-state index is 12.2. The van der Waals surface area contributed by atoms with Gasteiger partial charge in [0.25, 0.3) is 0 Å². The summed E-state index contributed by atoms with van der Waals surface area (Å²) in [5, 5.41) is 2.99. The largest absolute Gasteiger partial charge is 0.325 e. The normalized spacial score (nSPS) is 25.9. The van der Waals surface area contributed by atoms with E-state index in [4.69, 9.17) is 0 Å². The van der Waals surface area contributed by atoms with Crippen LogP contribution in [0.2, 0.25) is 0 Å². The molecular formula is C16H23N3O. The fourth-order valence-corrected chi connectivity index (χ4v) is 2.74. The van der Waals surface area contributed by atoms with Crippen LogP contribution in [0.15, 0.2) is 24.3 Å². The molecule has 108 valence electrons. The zero-order valence-corrected chi connectivity index (χ0v) is 12.1. The molecule has 3 rings (SSSR count). The van der Waals surface area contributed by atoms with E-state index >= 15 is 0 Å². The summed E-state index contributed by atoms with van der Waals surface area (Å²) in [6, 6.07) is 8.46. The quantitative estimate of drug-likeness (QED) is 0.789. The zero-order valence-electron chi connectivity index (χ0n) is 12.1. The van der Waals surface area contributed by atoms with Gasteiger partial charge < -0.3 is 5.32 Å². The van der Waals surface area contributed by atoms with E-state index in [0.717, 1.165) is 18.0 Å². The monoisotopic (exact) mass is 273 g/mol. The Balaban J connectivity index is 1.55. The van der Waals surface area contributed by atoms with Gasteiger partial charge in [-0.25, -0.2) is 5.43 Å². The van der Waals surface area contributed by atoms with Crippen LogP contribution in [-0.4, -0.2) is 18.0 Å². The molecule has 1 saturated heterocycles. The van der Waals surface area contributed by atoms with Crippen LogP contribution in [0.25, 0.3) is 0 Å². The molecule has 2 aliphatic rings. The molecule has 0 aromatic heterocycles. The van der Waals surface area contributed by atoms with Crippen molar-refractivity contribution in [3.63, 3.8) is 0 Å². The highest BCUT2D eigenvalue weighted by Crippen LogP contribution is 2.35. The topological polar surface area (TPSA) is 53.2 Å². The summed E-state index contributed by atoms with van der Waals surface area (Å²) in [7, 11) is 0. The van der Waals surface area contributed by atoms with Gasteiger partial charge in [0.05, 0.1) is 0 Å². The van der Waals surface area contributed by atoms with E-state index in [2.05, 4.69) is 42.1 Å². The fraction of sp³-hybridized carbons (Fsp3) is 0.562. The van der Waals surface area contributed by atoms with Crippen LogP contribution >= 0.6 is 0 Å². The molecule has 0 bridgehead atoms. The van der Waals surface area contributed by atoms with Crippen molar-refractivity contribution in [1.82, 2.24) is 10.9 Å². The molecule has 2 atom stereocenters. The Morgan fingerprint density at radius 3 is 2.50 bits per heavy atom. The number of amides is 1. The minimum atomic E-state index is -0.120. The third-order valence-corrected chi connectivity index (χ3v) is 4.29. The Labute approximate surface area is 120 Å². The van der Waals surface area contributed by atoms with Gasteiger partial charge in [0.2, 0.25) is 5.91 Å². The van der Waals surface area contributed by atoms with E-state index in [-0.39, 0.29) is 11.9 Å². The van der Waals surface area contributed by atoms with Gasteiger partial charge in [-0.1, -0.05) is 26.0 Å². The van der Waals surface area contributed by atoms with E-state index in [1.54, 1.807) is 0 Å². The molecule has 1 heterocycles. The fourth-order valence-electron chi connectivity index (χ4n) is 2.74. The van der Waals surface area contributed by atoms with Crippen molar-refractivity contribution < 1.29 is 4.79 Å². The first-order valence-corrected chi connectivity index (χ1v) is 7.55. The SMILES string of the molecule is CC(C)c1ccc(NC(=O)C2CC(C3CC3)NN2)cc1. The molecule has 1 aromatic rings. The molecule has 1 aliphatic heterocycles. The highest BCUT2D eigenvalue weighted by molar-refractivity contribution is 5.95. The zero-order chi connectivity index (χ0) is 14.1. The first-order valence-electron chi connectivity index (χ1n) is 7.55. The highest BCUT2D eigenvalue weighted by atomic mass is 16.2. The van der Waals surface area contributed by atoms with Crippen LogP contribution in [0.5, 0.6) is 0 Å². The van der Waals surface area contributed by atoms with Crippen molar-refractivity contribution in [3.8, 4) is 0 Å². The van der Waals surface area contributed by atoms with Crippen LogP contribution in [-0.2, 0) is 4.79 Å². The van der Waals surface area contributed by atoms with Crippen molar-refractivity contribution in [3.05, 3.63) is 29.8 Å². The summed E-state index contributed by atoms with van der Waals surface area (Å²) in [4.78, 5) is 12.2. The third-order valence-electron chi connectivity index (χ3n) is 4.29. The molecule has 2 unspecified atom stereocenters. The second-order valence-corrected chi connectivity index (χ2v) is 6.29. The molecule has 4 heteroatoms. The number of anilines is 1. The predicted molar refractivity (Wildman–Crippen MR) is 80.3 cm³/mol. The smallest absolute Gasteiger partial charge is 0.242 e. The van der Waals surface area contributed by atoms with Crippen molar-refractivity contribution in [2.75, 3.05) is 5.32 Å². The van der Waals surface area contributed by atoms with E-state index < -0.39 is 0 Å². The molecule has 1 aromatic carbocycles. The summed E-state index contributed by atoms with van der Waals surface area (Å²) in [6.45, 7) is 4.33. The summed E-state index contributed by atoms with van der Waals surface area (Å²) in [6.07, 6.45) is 3.48. The summed E-state index contributed by atoms with van der Waals surface area (Å²) < 4.78 is 0. The van der Waals surface area contributed by atoms with E-state index in [0.29, 0.717) is 12.0 Å². The molecule has 20 heavy (non-hydrogen) atoms. The van der Waals surface area contributed by atoms with Crippen molar-refractivity contribution >= 4 is 11.6 Å². The van der Waals surface area contributed by atoms with Gasteiger partial charge in [-0.15, -0.1) is 0 Å². The number of hydrogen-bond acceptors (Lipinski definition) is 3. The number of benzene rings is 1. The standard InChI is InChI=1S/C16H23N3O/c1-10(2)11-5-7-13(8-6-11)17-16(20)15-9-14(18-19-15)12-3-4-12/h5-8,10,12,14-15,18-19H,3-4,9H2,1-2H3,(H,17,20). The van der Waals surface area contributed by atoms with Crippen molar-refractivity contribution in [2.24, 2.45) is 5.92 Å². The summed E-state index contributed by atoms with van der Waals surface area (Å²) in [5.74, 6) is 1.34. The summed E-state index contributed by atoms with van der Waals surface area (Å²) >= 11 is 0. The molecule has 1 saturated carbocycles.